The average molecular weight is 291 g/mol. The van der Waals surface area contributed by atoms with Gasteiger partial charge in [-0.3, -0.25) is 9.58 Å². The van der Waals surface area contributed by atoms with E-state index in [0.29, 0.717) is 6.04 Å². The van der Waals surface area contributed by atoms with E-state index < -0.39 is 0 Å². The van der Waals surface area contributed by atoms with Crippen molar-refractivity contribution < 1.29 is 4.42 Å². The van der Waals surface area contributed by atoms with Gasteiger partial charge in [0.05, 0.1) is 25.0 Å². The Morgan fingerprint density at radius 1 is 1.43 bits per heavy atom. The fraction of sp³-hybridized carbons (Fsp3) is 0.600. The highest BCUT2D eigenvalue weighted by Crippen LogP contribution is 2.05. The summed E-state index contributed by atoms with van der Waals surface area (Å²) < 4.78 is 7.30. The number of nitrogens with zero attached hydrogens (tertiary/aromatic N) is 4. The largest absolute Gasteiger partial charge is 0.468 e. The Hall–Kier alpha value is -1.66. The first-order valence-electron chi connectivity index (χ1n) is 7.54. The van der Waals surface area contributed by atoms with Crippen molar-refractivity contribution >= 4 is 0 Å². The molecule has 0 unspecified atom stereocenters. The molecule has 0 saturated carbocycles. The molecule has 0 fully saturated rings. The summed E-state index contributed by atoms with van der Waals surface area (Å²) in [5.41, 5.74) is 0.984. The number of aromatic nitrogens is 3. The van der Waals surface area contributed by atoms with E-state index >= 15 is 0 Å². The van der Waals surface area contributed by atoms with Crippen molar-refractivity contribution in [3.63, 3.8) is 0 Å². The van der Waals surface area contributed by atoms with Crippen LogP contribution in [0.3, 0.4) is 0 Å². The van der Waals surface area contributed by atoms with Gasteiger partial charge >= 0.3 is 0 Å². The maximum absolute atomic E-state index is 5.39. The van der Waals surface area contributed by atoms with Crippen LogP contribution in [0.2, 0.25) is 0 Å². The molecule has 2 aromatic heterocycles. The van der Waals surface area contributed by atoms with Crippen molar-refractivity contribution in [2.45, 2.75) is 46.4 Å². The van der Waals surface area contributed by atoms with Crippen LogP contribution in [0.4, 0.5) is 0 Å². The summed E-state index contributed by atoms with van der Waals surface area (Å²) in [6.45, 7) is 10.7. The van der Waals surface area contributed by atoms with Gasteiger partial charge in [-0.25, -0.2) is 0 Å². The van der Waals surface area contributed by atoms with Crippen molar-refractivity contribution in [3.05, 3.63) is 36.0 Å². The second kappa shape index (κ2) is 7.95. The van der Waals surface area contributed by atoms with Crippen molar-refractivity contribution in [2.24, 2.45) is 0 Å². The third kappa shape index (κ3) is 5.32. The maximum Gasteiger partial charge on any atom is 0.117 e. The maximum atomic E-state index is 5.39. The summed E-state index contributed by atoms with van der Waals surface area (Å²) in [4.78, 5) is 2.33. The quantitative estimate of drug-likeness (QED) is 0.764. The molecule has 0 aliphatic heterocycles. The van der Waals surface area contributed by atoms with Crippen molar-refractivity contribution in [3.8, 4) is 0 Å². The van der Waals surface area contributed by atoms with Gasteiger partial charge in [0.1, 0.15) is 5.76 Å². The van der Waals surface area contributed by atoms with Crippen LogP contribution in [0.5, 0.6) is 0 Å². The molecule has 0 amide bonds. The van der Waals surface area contributed by atoms with Gasteiger partial charge in [-0.2, -0.15) is 0 Å². The van der Waals surface area contributed by atoms with Gasteiger partial charge in [-0.05, 0) is 18.7 Å². The minimum absolute atomic E-state index is 0.457. The molecule has 2 heterocycles. The summed E-state index contributed by atoms with van der Waals surface area (Å²) >= 11 is 0. The first-order valence-corrected chi connectivity index (χ1v) is 7.54. The SMILES string of the molecule is CCN(CCn1cc(CNC(C)C)nn1)Cc1ccco1. The molecule has 6 heteroatoms. The van der Waals surface area contributed by atoms with Crippen LogP contribution in [0.15, 0.2) is 29.0 Å². The van der Waals surface area contributed by atoms with E-state index in [1.807, 2.05) is 23.0 Å². The van der Waals surface area contributed by atoms with Gasteiger partial charge in [0.25, 0.3) is 0 Å². The molecule has 116 valence electrons. The summed E-state index contributed by atoms with van der Waals surface area (Å²) in [5, 5.41) is 11.7. The standard InChI is InChI=1S/C15H25N5O/c1-4-19(12-15-6-5-9-21-15)7-8-20-11-14(17-18-20)10-16-13(2)3/h5-6,9,11,13,16H,4,7-8,10,12H2,1-3H3. The Balaban J connectivity index is 1.78. The minimum Gasteiger partial charge on any atom is -0.468 e. The normalized spacial score (nSPS) is 11.7. The van der Waals surface area contributed by atoms with E-state index in [2.05, 4.69) is 41.3 Å². The highest BCUT2D eigenvalue weighted by molar-refractivity contribution is 4.97. The van der Waals surface area contributed by atoms with Crippen LogP contribution < -0.4 is 5.32 Å². The molecule has 0 bridgehead atoms. The predicted octanol–water partition coefficient (Wildman–Crippen LogP) is 1.89. The Labute approximate surface area is 126 Å². The molecule has 2 aromatic rings. The molecular formula is C15H25N5O. The lowest BCUT2D eigenvalue weighted by Crippen LogP contribution is -2.27. The molecular weight excluding hydrogens is 266 g/mol. The number of nitrogens with one attached hydrogen (secondary N) is 1. The van der Waals surface area contributed by atoms with Gasteiger partial charge in [0, 0.05) is 25.3 Å². The lowest BCUT2D eigenvalue weighted by molar-refractivity contribution is 0.242. The van der Waals surface area contributed by atoms with Gasteiger partial charge in [-0.1, -0.05) is 26.0 Å². The van der Waals surface area contributed by atoms with Gasteiger partial charge in [-0.15, -0.1) is 5.10 Å². The van der Waals surface area contributed by atoms with Gasteiger partial charge < -0.3 is 9.73 Å². The highest BCUT2D eigenvalue weighted by atomic mass is 16.3. The Bertz CT molecular complexity index is 506. The summed E-state index contributed by atoms with van der Waals surface area (Å²) in [7, 11) is 0. The van der Waals surface area contributed by atoms with Crippen molar-refractivity contribution in [2.75, 3.05) is 13.1 Å². The van der Waals surface area contributed by atoms with E-state index in [1.54, 1.807) is 6.26 Å². The number of hydrogen-bond donors (Lipinski definition) is 1. The highest BCUT2D eigenvalue weighted by Gasteiger charge is 2.07. The average Bonchev–Trinajstić information content (AvgIpc) is 3.12. The van der Waals surface area contributed by atoms with Crippen molar-refractivity contribution in [1.82, 2.24) is 25.2 Å². The van der Waals surface area contributed by atoms with Crippen LogP contribution >= 0.6 is 0 Å². The Morgan fingerprint density at radius 3 is 2.95 bits per heavy atom. The summed E-state index contributed by atoms with van der Waals surface area (Å²) in [5.74, 6) is 0.997. The second-order valence-electron chi connectivity index (χ2n) is 5.46. The monoisotopic (exact) mass is 291 g/mol. The molecule has 0 saturated heterocycles. The number of furan rings is 1. The lowest BCUT2D eigenvalue weighted by Gasteiger charge is -2.18. The lowest BCUT2D eigenvalue weighted by atomic mass is 10.3. The van der Waals surface area contributed by atoms with Crippen LogP contribution in [-0.2, 0) is 19.6 Å². The zero-order valence-corrected chi connectivity index (χ0v) is 13.1. The van der Waals surface area contributed by atoms with E-state index in [-0.39, 0.29) is 0 Å². The molecule has 0 aromatic carbocycles. The molecule has 0 radical (unpaired) electrons. The fourth-order valence-electron chi connectivity index (χ4n) is 2.05. The zero-order chi connectivity index (χ0) is 15.1. The Morgan fingerprint density at radius 2 is 2.29 bits per heavy atom. The van der Waals surface area contributed by atoms with E-state index in [1.165, 1.54) is 0 Å². The molecule has 2 rings (SSSR count). The van der Waals surface area contributed by atoms with E-state index in [9.17, 15) is 0 Å². The van der Waals surface area contributed by atoms with Gasteiger partial charge in [0.15, 0.2) is 0 Å². The van der Waals surface area contributed by atoms with Crippen LogP contribution in [-0.4, -0.2) is 39.0 Å². The molecule has 6 nitrogen and oxygen atoms in total. The summed E-state index contributed by atoms with van der Waals surface area (Å²) in [6.07, 6.45) is 3.73. The van der Waals surface area contributed by atoms with Crippen molar-refractivity contribution in [1.29, 1.82) is 0 Å². The van der Waals surface area contributed by atoms with Crippen LogP contribution in [0.1, 0.15) is 32.2 Å². The minimum atomic E-state index is 0.457. The molecule has 0 aliphatic carbocycles. The number of rotatable bonds is 9. The second-order valence-corrected chi connectivity index (χ2v) is 5.46. The molecule has 1 N–H and O–H groups in total. The number of likely N-dealkylation sites (N-methyl/N-ethyl adjacent to an activating group) is 1. The zero-order valence-electron chi connectivity index (χ0n) is 13.1. The predicted molar refractivity (Wildman–Crippen MR) is 81.7 cm³/mol. The fourth-order valence-corrected chi connectivity index (χ4v) is 2.05. The van der Waals surface area contributed by atoms with E-state index in [0.717, 1.165) is 44.2 Å². The van der Waals surface area contributed by atoms with Crippen LogP contribution in [0.25, 0.3) is 0 Å². The number of hydrogen-bond acceptors (Lipinski definition) is 5. The Kier molecular flexibility index (Phi) is 5.95. The smallest absolute Gasteiger partial charge is 0.117 e. The summed E-state index contributed by atoms with van der Waals surface area (Å²) in [6, 6.07) is 4.39. The molecule has 0 aliphatic rings. The van der Waals surface area contributed by atoms with Crippen LogP contribution in [0, 0.1) is 0 Å². The first-order chi connectivity index (χ1) is 10.2. The third-order valence-corrected chi connectivity index (χ3v) is 3.33. The molecule has 0 atom stereocenters. The molecule has 21 heavy (non-hydrogen) atoms. The third-order valence-electron chi connectivity index (χ3n) is 3.33. The van der Waals surface area contributed by atoms with Gasteiger partial charge in [0.2, 0.25) is 0 Å². The topological polar surface area (TPSA) is 59.1 Å². The first kappa shape index (κ1) is 15.7. The molecule has 0 spiro atoms. The van der Waals surface area contributed by atoms with E-state index in [4.69, 9.17) is 4.42 Å².